The number of furan rings is 1. The van der Waals surface area contributed by atoms with Crippen molar-refractivity contribution in [3.8, 4) is 6.07 Å². The van der Waals surface area contributed by atoms with E-state index in [-0.39, 0.29) is 18.1 Å². The SMILES string of the molecule is N#Cc1cc2ccc(C(=O)CN)cc2o1. The standard InChI is InChI=1S/C11H8N2O2/c12-5-9-3-8-2-1-7(10(14)6-13)4-11(8)15-9/h1-4H,6,13H2. The summed E-state index contributed by atoms with van der Waals surface area (Å²) in [5.41, 5.74) is 6.28. The van der Waals surface area contributed by atoms with Gasteiger partial charge < -0.3 is 10.2 Å². The largest absolute Gasteiger partial charge is 0.446 e. The van der Waals surface area contributed by atoms with Crippen molar-refractivity contribution < 1.29 is 9.21 Å². The van der Waals surface area contributed by atoms with Crippen molar-refractivity contribution in [1.29, 1.82) is 5.26 Å². The molecule has 0 bridgehead atoms. The maximum Gasteiger partial charge on any atom is 0.204 e. The van der Waals surface area contributed by atoms with Crippen molar-refractivity contribution in [1.82, 2.24) is 0 Å². The number of carbonyl (C=O) groups excluding carboxylic acids is 1. The normalized spacial score (nSPS) is 10.1. The Labute approximate surface area is 85.9 Å². The average molecular weight is 200 g/mol. The van der Waals surface area contributed by atoms with Gasteiger partial charge in [-0.25, -0.2) is 0 Å². The minimum Gasteiger partial charge on any atom is -0.446 e. The van der Waals surface area contributed by atoms with Crippen molar-refractivity contribution >= 4 is 16.8 Å². The van der Waals surface area contributed by atoms with Crippen LogP contribution in [0, 0.1) is 11.3 Å². The predicted molar refractivity (Wildman–Crippen MR) is 54.3 cm³/mol. The predicted octanol–water partition coefficient (Wildman–Crippen LogP) is 1.45. The molecular formula is C11H8N2O2. The van der Waals surface area contributed by atoms with Crippen LogP contribution >= 0.6 is 0 Å². The van der Waals surface area contributed by atoms with Crippen LogP contribution in [0.3, 0.4) is 0 Å². The molecule has 0 unspecified atom stereocenters. The van der Waals surface area contributed by atoms with Gasteiger partial charge >= 0.3 is 0 Å². The number of Topliss-reactive ketones (excluding diaryl/α,β-unsaturated/α-hetero) is 1. The summed E-state index contributed by atoms with van der Waals surface area (Å²) in [4.78, 5) is 11.3. The highest BCUT2D eigenvalue weighted by atomic mass is 16.3. The van der Waals surface area contributed by atoms with Gasteiger partial charge in [-0.05, 0) is 6.07 Å². The van der Waals surface area contributed by atoms with E-state index in [1.165, 1.54) is 0 Å². The highest BCUT2D eigenvalue weighted by Crippen LogP contribution is 2.20. The molecule has 1 aromatic heterocycles. The van der Waals surface area contributed by atoms with Crippen molar-refractivity contribution in [3.63, 3.8) is 0 Å². The van der Waals surface area contributed by atoms with Gasteiger partial charge in [0, 0.05) is 17.0 Å². The molecule has 0 radical (unpaired) electrons. The lowest BCUT2D eigenvalue weighted by atomic mass is 10.1. The fourth-order valence-corrected chi connectivity index (χ4v) is 1.38. The van der Waals surface area contributed by atoms with Crippen LogP contribution in [0.2, 0.25) is 0 Å². The highest BCUT2D eigenvalue weighted by Gasteiger charge is 2.07. The van der Waals surface area contributed by atoms with E-state index in [1.807, 2.05) is 6.07 Å². The first kappa shape index (κ1) is 9.44. The Bertz CT molecular complexity index is 563. The Balaban J connectivity index is 2.56. The fraction of sp³-hybridized carbons (Fsp3) is 0.0909. The van der Waals surface area contributed by atoms with Gasteiger partial charge in [0.2, 0.25) is 5.76 Å². The summed E-state index contributed by atoms with van der Waals surface area (Å²) in [7, 11) is 0. The maximum atomic E-state index is 11.3. The molecule has 1 heterocycles. The molecule has 2 aromatic rings. The van der Waals surface area contributed by atoms with Crippen LogP contribution in [0.15, 0.2) is 28.7 Å². The lowest BCUT2D eigenvalue weighted by Gasteiger charge is -1.96. The number of ketones is 1. The molecule has 4 nitrogen and oxygen atoms in total. The number of nitriles is 1. The number of benzene rings is 1. The van der Waals surface area contributed by atoms with E-state index in [4.69, 9.17) is 15.4 Å². The molecular weight excluding hydrogens is 192 g/mol. The molecule has 0 saturated heterocycles. The van der Waals surface area contributed by atoms with Gasteiger partial charge in [0.05, 0.1) is 6.54 Å². The molecule has 4 heteroatoms. The number of carbonyl (C=O) groups is 1. The Morgan fingerprint density at radius 2 is 2.27 bits per heavy atom. The summed E-state index contributed by atoms with van der Waals surface area (Å²) < 4.78 is 5.20. The zero-order valence-electron chi connectivity index (χ0n) is 7.86. The van der Waals surface area contributed by atoms with E-state index >= 15 is 0 Å². The zero-order valence-corrected chi connectivity index (χ0v) is 7.86. The number of rotatable bonds is 2. The molecule has 0 aliphatic rings. The highest BCUT2D eigenvalue weighted by molar-refractivity contribution is 6.00. The van der Waals surface area contributed by atoms with Crippen LogP contribution in [-0.2, 0) is 0 Å². The molecule has 0 atom stereocenters. The van der Waals surface area contributed by atoms with Crippen LogP contribution in [0.25, 0.3) is 11.0 Å². The molecule has 0 amide bonds. The van der Waals surface area contributed by atoms with Crippen LogP contribution < -0.4 is 5.73 Å². The topological polar surface area (TPSA) is 80.0 Å². The molecule has 1 aromatic carbocycles. The van der Waals surface area contributed by atoms with Gasteiger partial charge in [0.25, 0.3) is 0 Å². The first-order valence-corrected chi connectivity index (χ1v) is 4.41. The van der Waals surface area contributed by atoms with Crippen molar-refractivity contribution in [2.45, 2.75) is 0 Å². The molecule has 0 spiro atoms. The molecule has 74 valence electrons. The first-order valence-electron chi connectivity index (χ1n) is 4.41. The maximum absolute atomic E-state index is 11.3. The van der Waals surface area contributed by atoms with Gasteiger partial charge in [0.1, 0.15) is 11.7 Å². The summed E-state index contributed by atoms with van der Waals surface area (Å²) >= 11 is 0. The molecule has 15 heavy (non-hydrogen) atoms. The quantitative estimate of drug-likeness (QED) is 0.744. The van der Waals surface area contributed by atoms with Crippen LogP contribution in [0.4, 0.5) is 0 Å². The van der Waals surface area contributed by atoms with Gasteiger partial charge in [-0.1, -0.05) is 12.1 Å². The summed E-state index contributed by atoms with van der Waals surface area (Å²) in [6.07, 6.45) is 0. The van der Waals surface area contributed by atoms with Crippen LogP contribution in [0.1, 0.15) is 16.1 Å². The number of hydrogen-bond acceptors (Lipinski definition) is 4. The Morgan fingerprint density at radius 1 is 1.47 bits per heavy atom. The van der Waals surface area contributed by atoms with E-state index in [0.717, 1.165) is 5.39 Å². The second-order valence-electron chi connectivity index (χ2n) is 3.10. The Morgan fingerprint density at radius 3 is 2.93 bits per heavy atom. The number of hydrogen-bond donors (Lipinski definition) is 1. The third kappa shape index (κ3) is 1.60. The summed E-state index contributed by atoms with van der Waals surface area (Å²) in [5, 5.41) is 9.44. The van der Waals surface area contributed by atoms with Gasteiger partial charge in [-0.2, -0.15) is 5.26 Å². The molecule has 0 aliphatic carbocycles. The van der Waals surface area contributed by atoms with E-state index in [0.29, 0.717) is 11.1 Å². The van der Waals surface area contributed by atoms with Gasteiger partial charge in [-0.15, -0.1) is 0 Å². The van der Waals surface area contributed by atoms with E-state index in [9.17, 15) is 4.79 Å². The summed E-state index contributed by atoms with van der Waals surface area (Å²) in [6.45, 7) is -0.0304. The molecule has 2 rings (SSSR count). The fourth-order valence-electron chi connectivity index (χ4n) is 1.38. The molecule has 2 N–H and O–H groups in total. The van der Waals surface area contributed by atoms with Gasteiger partial charge in [-0.3, -0.25) is 4.79 Å². The van der Waals surface area contributed by atoms with Crippen LogP contribution in [-0.4, -0.2) is 12.3 Å². The van der Waals surface area contributed by atoms with Crippen molar-refractivity contribution in [2.75, 3.05) is 6.54 Å². The minimum atomic E-state index is -0.146. The van der Waals surface area contributed by atoms with Crippen molar-refractivity contribution in [2.24, 2.45) is 5.73 Å². The van der Waals surface area contributed by atoms with Crippen molar-refractivity contribution in [3.05, 3.63) is 35.6 Å². The monoisotopic (exact) mass is 200 g/mol. The van der Waals surface area contributed by atoms with E-state index in [1.54, 1.807) is 24.3 Å². The smallest absolute Gasteiger partial charge is 0.204 e. The average Bonchev–Trinajstić information content (AvgIpc) is 2.69. The molecule has 0 saturated carbocycles. The summed E-state index contributed by atoms with van der Waals surface area (Å²) in [6, 6.07) is 8.55. The zero-order chi connectivity index (χ0) is 10.8. The lowest BCUT2D eigenvalue weighted by Crippen LogP contribution is -2.13. The van der Waals surface area contributed by atoms with Crippen LogP contribution in [0.5, 0.6) is 0 Å². The molecule has 0 aliphatic heterocycles. The minimum absolute atomic E-state index is 0.0304. The first-order chi connectivity index (χ1) is 7.24. The van der Waals surface area contributed by atoms with Gasteiger partial charge in [0.15, 0.2) is 5.78 Å². The number of fused-ring (bicyclic) bond motifs is 1. The number of nitrogens with zero attached hydrogens (tertiary/aromatic N) is 1. The van der Waals surface area contributed by atoms with E-state index in [2.05, 4.69) is 0 Å². The lowest BCUT2D eigenvalue weighted by molar-refractivity contribution is 0.100. The third-order valence-electron chi connectivity index (χ3n) is 2.14. The third-order valence-corrected chi connectivity index (χ3v) is 2.14. The Kier molecular flexibility index (Phi) is 2.24. The second kappa shape index (κ2) is 3.56. The summed E-state index contributed by atoms with van der Waals surface area (Å²) in [5.74, 6) is 0.0918. The second-order valence-corrected chi connectivity index (χ2v) is 3.10. The van der Waals surface area contributed by atoms with E-state index < -0.39 is 0 Å². The number of nitrogens with two attached hydrogens (primary N) is 1. The Hall–Kier alpha value is -2.12. The molecule has 0 fully saturated rings.